The zero-order valence-corrected chi connectivity index (χ0v) is 11.4. The second-order valence-electron chi connectivity index (χ2n) is 3.93. The minimum atomic E-state index is -0.499. The van der Waals surface area contributed by atoms with Gasteiger partial charge in [0.2, 0.25) is 5.91 Å². The monoisotopic (exact) mass is 292 g/mol. The van der Waals surface area contributed by atoms with E-state index in [9.17, 15) is 9.18 Å². The van der Waals surface area contributed by atoms with Gasteiger partial charge in [0.1, 0.15) is 10.8 Å². The Hall–Kier alpha value is -2.15. The fraction of sp³-hybridized carbons (Fsp3) is 0.154. The molecule has 0 radical (unpaired) electrons. The van der Waals surface area contributed by atoms with Gasteiger partial charge in [-0.2, -0.15) is 0 Å². The summed E-state index contributed by atoms with van der Waals surface area (Å²) >= 11 is 1.45. The van der Waals surface area contributed by atoms with E-state index in [0.29, 0.717) is 17.9 Å². The number of rotatable bonds is 5. The van der Waals surface area contributed by atoms with Crippen LogP contribution in [0, 0.1) is 5.82 Å². The van der Waals surface area contributed by atoms with Gasteiger partial charge in [0.25, 0.3) is 0 Å². The number of hydrogen-bond donors (Lipinski definition) is 2. The maximum atomic E-state index is 13.0. The van der Waals surface area contributed by atoms with Gasteiger partial charge in [-0.15, -0.1) is 11.8 Å². The first-order chi connectivity index (χ1) is 9.65. The summed E-state index contributed by atoms with van der Waals surface area (Å²) in [5, 5.41) is 3.43. The van der Waals surface area contributed by atoms with Crippen molar-refractivity contribution in [1.29, 1.82) is 0 Å². The quantitative estimate of drug-likeness (QED) is 0.653. The molecule has 2 aromatic rings. The minimum Gasteiger partial charge on any atom is -0.396 e. The van der Waals surface area contributed by atoms with E-state index in [2.05, 4.69) is 15.3 Å². The Bertz CT molecular complexity index is 594. The number of nitrogen functional groups attached to an aromatic ring is 1. The van der Waals surface area contributed by atoms with E-state index < -0.39 is 5.82 Å². The average molecular weight is 292 g/mol. The van der Waals surface area contributed by atoms with Crippen molar-refractivity contribution in [3.8, 4) is 0 Å². The largest absolute Gasteiger partial charge is 0.396 e. The Morgan fingerprint density at radius 2 is 2.25 bits per heavy atom. The molecule has 0 bridgehead atoms. The van der Waals surface area contributed by atoms with E-state index in [0.717, 1.165) is 5.03 Å². The molecule has 5 nitrogen and oxygen atoms in total. The number of nitrogens with two attached hydrogens (primary N) is 1. The number of nitrogens with one attached hydrogen (secondary N) is 1. The first kappa shape index (κ1) is 14.3. The van der Waals surface area contributed by atoms with Crippen molar-refractivity contribution >= 4 is 29.0 Å². The second-order valence-corrected chi connectivity index (χ2v) is 5.04. The lowest BCUT2D eigenvalue weighted by molar-refractivity contribution is -0.115. The normalized spacial score (nSPS) is 10.2. The van der Waals surface area contributed by atoms with Gasteiger partial charge in [-0.05, 0) is 18.2 Å². The zero-order valence-electron chi connectivity index (χ0n) is 10.5. The maximum Gasteiger partial charge on any atom is 0.225 e. The van der Waals surface area contributed by atoms with Crippen LogP contribution < -0.4 is 11.1 Å². The summed E-state index contributed by atoms with van der Waals surface area (Å²) in [6.45, 7) is 0. The van der Waals surface area contributed by atoms with E-state index in [4.69, 9.17) is 5.73 Å². The third-order valence-electron chi connectivity index (χ3n) is 2.40. The van der Waals surface area contributed by atoms with Crippen molar-refractivity contribution in [2.45, 2.75) is 11.4 Å². The standard InChI is InChI=1S/C13H13FN4OS/c14-10-2-1-9(7-11(10)15)18-12(19)3-6-20-13-8-16-4-5-17-13/h1-2,4-5,7-8H,3,6,15H2,(H,18,19). The van der Waals surface area contributed by atoms with Crippen LogP contribution >= 0.6 is 11.8 Å². The molecule has 0 saturated carbocycles. The van der Waals surface area contributed by atoms with Gasteiger partial charge in [0, 0.05) is 30.3 Å². The van der Waals surface area contributed by atoms with Gasteiger partial charge in [0.15, 0.2) is 0 Å². The molecule has 0 atom stereocenters. The summed E-state index contributed by atoms with van der Waals surface area (Å²) in [5.41, 5.74) is 5.92. The van der Waals surface area contributed by atoms with Gasteiger partial charge >= 0.3 is 0 Å². The van der Waals surface area contributed by atoms with Gasteiger partial charge in [-0.3, -0.25) is 9.78 Å². The third-order valence-corrected chi connectivity index (χ3v) is 3.31. The Kier molecular flexibility index (Phi) is 4.89. The van der Waals surface area contributed by atoms with E-state index in [1.807, 2.05) is 0 Å². The molecule has 104 valence electrons. The Balaban J connectivity index is 1.79. The molecular formula is C13H13FN4OS. The molecule has 0 aliphatic heterocycles. The van der Waals surface area contributed by atoms with Crippen LogP contribution in [0.1, 0.15) is 6.42 Å². The number of halogens is 1. The highest BCUT2D eigenvalue weighted by Crippen LogP contribution is 2.17. The molecule has 1 aromatic carbocycles. The van der Waals surface area contributed by atoms with Crippen molar-refractivity contribution in [3.05, 3.63) is 42.6 Å². The SMILES string of the molecule is Nc1cc(NC(=O)CCSc2cnccn2)ccc1F. The summed E-state index contributed by atoms with van der Waals surface area (Å²) < 4.78 is 13.0. The summed E-state index contributed by atoms with van der Waals surface area (Å²) in [5.74, 6) is -0.0742. The molecule has 3 N–H and O–H groups in total. The summed E-state index contributed by atoms with van der Waals surface area (Å²) in [4.78, 5) is 19.7. The predicted octanol–water partition coefficient (Wildman–Crippen LogP) is 2.32. The molecule has 0 aliphatic rings. The molecule has 0 unspecified atom stereocenters. The van der Waals surface area contributed by atoms with Gasteiger partial charge in [0.05, 0.1) is 11.9 Å². The first-order valence-corrected chi connectivity index (χ1v) is 6.87. The summed E-state index contributed by atoms with van der Waals surface area (Å²) in [6.07, 6.45) is 5.15. The first-order valence-electron chi connectivity index (χ1n) is 5.89. The third kappa shape index (κ3) is 4.20. The van der Waals surface area contributed by atoms with Crippen molar-refractivity contribution in [1.82, 2.24) is 9.97 Å². The maximum absolute atomic E-state index is 13.0. The topological polar surface area (TPSA) is 80.9 Å². The molecule has 0 spiro atoms. The summed E-state index contributed by atoms with van der Waals surface area (Å²) in [7, 11) is 0. The van der Waals surface area contributed by atoms with E-state index in [1.165, 1.54) is 30.0 Å². The van der Waals surface area contributed by atoms with Crippen molar-refractivity contribution in [3.63, 3.8) is 0 Å². The molecule has 0 saturated heterocycles. The average Bonchev–Trinajstić information content (AvgIpc) is 2.44. The highest BCUT2D eigenvalue weighted by Gasteiger charge is 2.05. The highest BCUT2D eigenvalue weighted by atomic mass is 32.2. The number of thioether (sulfide) groups is 1. The fourth-order valence-electron chi connectivity index (χ4n) is 1.45. The van der Waals surface area contributed by atoms with E-state index >= 15 is 0 Å². The number of aromatic nitrogens is 2. The van der Waals surface area contributed by atoms with Crippen LogP contribution in [0.3, 0.4) is 0 Å². The lowest BCUT2D eigenvalue weighted by atomic mass is 10.2. The summed E-state index contributed by atoms with van der Waals surface area (Å²) in [6, 6.07) is 4.09. The predicted molar refractivity (Wildman–Crippen MR) is 76.8 cm³/mol. The minimum absolute atomic E-state index is 0.0109. The molecule has 0 fully saturated rings. The zero-order chi connectivity index (χ0) is 14.4. The van der Waals surface area contributed by atoms with E-state index in [-0.39, 0.29) is 11.6 Å². The van der Waals surface area contributed by atoms with Crippen LogP contribution in [-0.4, -0.2) is 21.6 Å². The molecule has 1 heterocycles. The molecular weight excluding hydrogens is 279 g/mol. The van der Waals surface area contributed by atoms with Crippen molar-refractivity contribution in [2.24, 2.45) is 0 Å². The van der Waals surface area contributed by atoms with Gasteiger partial charge < -0.3 is 11.1 Å². The van der Waals surface area contributed by atoms with Gasteiger partial charge in [-0.25, -0.2) is 9.37 Å². The number of amides is 1. The lowest BCUT2D eigenvalue weighted by Crippen LogP contribution is -2.12. The fourth-order valence-corrected chi connectivity index (χ4v) is 2.22. The number of anilines is 2. The van der Waals surface area contributed by atoms with Crippen molar-refractivity contribution < 1.29 is 9.18 Å². The Morgan fingerprint density at radius 3 is 2.95 bits per heavy atom. The molecule has 2 rings (SSSR count). The number of hydrogen-bond acceptors (Lipinski definition) is 5. The van der Waals surface area contributed by atoms with Crippen LogP contribution in [0.25, 0.3) is 0 Å². The van der Waals surface area contributed by atoms with Crippen LogP contribution in [0.15, 0.2) is 41.8 Å². The second kappa shape index (κ2) is 6.85. The highest BCUT2D eigenvalue weighted by molar-refractivity contribution is 7.99. The van der Waals surface area contributed by atoms with E-state index in [1.54, 1.807) is 18.6 Å². The smallest absolute Gasteiger partial charge is 0.225 e. The van der Waals surface area contributed by atoms with Crippen LogP contribution in [0.4, 0.5) is 15.8 Å². The number of carbonyl (C=O) groups excluding carboxylic acids is 1. The number of carbonyl (C=O) groups is 1. The van der Waals surface area contributed by atoms with Crippen LogP contribution in [0.2, 0.25) is 0 Å². The van der Waals surface area contributed by atoms with Crippen molar-refractivity contribution in [2.75, 3.05) is 16.8 Å². The molecule has 20 heavy (non-hydrogen) atoms. The van der Waals surface area contributed by atoms with Crippen LogP contribution in [0.5, 0.6) is 0 Å². The molecule has 1 aromatic heterocycles. The molecule has 0 aliphatic carbocycles. The number of nitrogens with zero attached hydrogens (tertiary/aromatic N) is 2. The lowest BCUT2D eigenvalue weighted by Gasteiger charge is -2.06. The molecule has 7 heteroatoms. The Morgan fingerprint density at radius 1 is 1.40 bits per heavy atom. The Labute approximate surface area is 119 Å². The molecule has 1 amide bonds. The van der Waals surface area contributed by atoms with Gasteiger partial charge in [-0.1, -0.05) is 0 Å². The number of benzene rings is 1. The van der Waals surface area contributed by atoms with Crippen LogP contribution in [-0.2, 0) is 4.79 Å².